The van der Waals surface area contributed by atoms with Crippen molar-refractivity contribution >= 4 is 17.4 Å². The maximum Gasteiger partial charge on any atom is 0.433 e. The highest BCUT2D eigenvalue weighted by Gasteiger charge is 2.35. The van der Waals surface area contributed by atoms with Crippen LogP contribution in [0.1, 0.15) is 5.69 Å². The Morgan fingerprint density at radius 1 is 1.12 bits per heavy atom. The zero-order chi connectivity index (χ0) is 17.6. The maximum absolute atomic E-state index is 12.8. The predicted octanol–water partition coefficient (Wildman–Crippen LogP) is 1.86. The summed E-state index contributed by atoms with van der Waals surface area (Å²) in [6.45, 7) is 1.26. The Hall–Kier alpha value is -2.91. The number of nitrogens with zero attached hydrogens (tertiary/aromatic N) is 7. The standard InChI is InChI=1S/C15H14F3N7/c1-23(14-20-5-4-11(21-14)15(16,17)18)10-8-24(9-10)13-3-2-12-19-6-7-25(12)22-13/h2-7,10H,8-9H2,1H3. The van der Waals surface area contributed by atoms with Gasteiger partial charge in [0.25, 0.3) is 0 Å². The van der Waals surface area contributed by atoms with Crippen molar-refractivity contribution in [2.45, 2.75) is 12.2 Å². The molecule has 0 unspecified atom stereocenters. The average Bonchev–Trinajstić information content (AvgIpc) is 3.00. The molecule has 25 heavy (non-hydrogen) atoms. The third-order valence-corrected chi connectivity index (χ3v) is 4.22. The highest BCUT2D eigenvalue weighted by molar-refractivity contribution is 5.49. The first kappa shape index (κ1) is 15.6. The summed E-state index contributed by atoms with van der Waals surface area (Å²) in [5, 5.41) is 4.45. The van der Waals surface area contributed by atoms with Crippen LogP contribution in [0, 0.1) is 0 Å². The molecule has 3 aromatic rings. The Bertz CT molecular complexity index is 901. The van der Waals surface area contributed by atoms with Crippen LogP contribution in [0.15, 0.2) is 36.8 Å². The van der Waals surface area contributed by atoms with Gasteiger partial charge in [-0.15, -0.1) is 5.10 Å². The summed E-state index contributed by atoms with van der Waals surface area (Å²) in [4.78, 5) is 15.4. The van der Waals surface area contributed by atoms with E-state index in [9.17, 15) is 13.2 Å². The lowest BCUT2D eigenvalue weighted by Crippen LogP contribution is -2.59. The lowest BCUT2D eigenvalue weighted by Gasteiger charge is -2.44. The van der Waals surface area contributed by atoms with Crippen molar-refractivity contribution in [2.24, 2.45) is 0 Å². The van der Waals surface area contributed by atoms with Gasteiger partial charge in [-0.05, 0) is 18.2 Å². The summed E-state index contributed by atoms with van der Waals surface area (Å²) >= 11 is 0. The molecule has 7 nitrogen and oxygen atoms in total. The van der Waals surface area contributed by atoms with E-state index in [4.69, 9.17) is 0 Å². The molecule has 10 heteroatoms. The minimum absolute atomic E-state index is 0.0174. The molecule has 130 valence electrons. The normalized spacial score (nSPS) is 15.4. The molecular weight excluding hydrogens is 335 g/mol. The fraction of sp³-hybridized carbons (Fsp3) is 0.333. The van der Waals surface area contributed by atoms with E-state index in [1.807, 2.05) is 17.0 Å². The Kier molecular flexibility index (Phi) is 3.48. The minimum Gasteiger partial charge on any atom is -0.351 e. The molecule has 3 aromatic heterocycles. The van der Waals surface area contributed by atoms with E-state index in [0.29, 0.717) is 13.1 Å². The predicted molar refractivity (Wildman–Crippen MR) is 84.4 cm³/mol. The first-order valence-electron chi connectivity index (χ1n) is 7.60. The van der Waals surface area contributed by atoms with Crippen molar-refractivity contribution in [2.75, 3.05) is 29.9 Å². The van der Waals surface area contributed by atoms with Crippen molar-refractivity contribution in [1.82, 2.24) is 24.6 Å². The van der Waals surface area contributed by atoms with E-state index in [1.165, 1.54) is 0 Å². The number of aromatic nitrogens is 5. The van der Waals surface area contributed by atoms with E-state index >= 15 is 0 Å². The quantitative estimate of drug-likeness (QED) is 0.719. The molecule has 1 aliphatic rings. The van der Waals surface area contributed by atoms with Gasteiger partial charge in [0.1, 0.15) is 11.5 Å². The van der Waals surface area contributed by atoms with Crippen LogP contribution in [0.5, 0.6) is 0 Å². The molecular formula is C15H14F3N7. The monoisotopic (exact) mass is 349 g/mol. The third kappa shape index (κ3) is 2.83. The van der Waals surface area contributed by atoms with Gasteiger partial charge in [0, 0.05) is 38.7 Å². The Balaban J connectivity index is 1.46. The number of hydrogen-bond donors (Lipinski definition) is 0. The molecule has 0 saturated carbocycles. The molecule has 0 amide bonds. The van der Waals surface area contributed by atoms with Crippen LogP contribution in [-0.4, -0.2) is 50.7 Å². The molecule has 4 heterocycles. The fourth-order valence-corrected chi connectivity index (χ4v) is 2.70. The second-order valence-electron chi connectivity index (χ2n) is 5.83. The van der Waals surface area contributed by atoms with Crippen LogP contribution >= 0.6 is 0 Å². The molecule has 1 aliphatic heterocycles. The lowest BCUT2D eigenvalue weighted by molar-refractivity contribution is -0.141. The first-order chi connectivity index (χ1) is 11.9. The van der Waals surface area contributed by atoms with Crippen LogP contribution in [0.25, 0.3) is 5.65 Å². The number of alkyl halides is 3. The van der Waals surface area contributed by atoms with E-state index in [1.54, 1.807) is 28.9 Å². The Labute approximate surface area is 140 Å². The summed E-state index contributed by atoms with van der Waals surface area (Å²) in [6, 6.07) is 4.63. The van der Waals surface area contributed by atoms with Gasteiger partial charge in [-0.3, -0.25) is 0 Å². The topological polar surface area (TPSA) is 62.5 Å². The summed E-state index contributed by atoms with van der Waals surface area (Å²) in [7, 11) is 1.70. The smallest absolute Gasteiger partial charge is 0.351 e. The summed E-state index contributed by atoms with van der Waals surface area (Å²) < 4.78 is 40.0. The first-order valence-corrected chi connectivity index (χ1v) is 7.60. The average molecular weight is 349 g/mol. The largest absolute Gasteiger partial charge is 0.433 e. The number of rotatable bonds is 3. The number of halogens is 3. The number of likely N-dealkylation sites (N-methyl/N-ethyl adjacent to an activating group) is 1. The van der Waals surface area contributed by atoms with Crippen molar-refractivity contribution < 1.29 is 13.2 Å². The molecule has 0 aromatic carbocycles. The van der Waals surface area contributed by atoms with Gasteiger partial charge in [-0.2, -0.15) is 13.2 Å². The summed E-state index contributed by atoms with van der Waals surface area (Å²) in [5.74, 6) is 0.859. The molecule has 1 fully saturated rings. The van der Waals surface area contributed by atoms with Crippen LogP contribution in [0.3, 0.4) is 0 Å². The van der Waals surface area contributed by atoms with E-state index in [2.05, 4.69) is 20.1 Å². The van der Waals surface area contributed by atoms with Gasteiger partial charge < -0.3 is 9.80 Å². The number of anilines is 2. The molecule has 0 aliphatic carbocycles. The van der Waals surface area contributed by atoms with Crippen LogP contribution in [0.2, 0.25) is 0 Å². The fourth-order valence-electron chi connectivity index (χ4n) is 2.70. The van der Waals surface area contributed by atoms with E-state index < -0.39 is 11.9 Å². The van der Waals surface area contributed by atoms with Crippen LogP contribution in [0.4, 0.5) is 24.9 Å². The number of imidazole rings is 1. The molecule has 0 spiro atoms. The van der Waals surface area contributed by atoms with Gasteiger partial charge >= 0.3 is 6.18 Å². The van der Waals surface area contributed by atoms with E-state index in [0.717, 1.165) is 23.7 Å². The van der Waals surface area contributed by atoms with E-state index in [-0.39, 0.29) is 12.0 Å². The minimum atomic E-state index is -4.48. The van der Waals surface area contributed by atoms with Gasteiger partial charge in [-0.25, -0.2) is 19.5 Å². The highest BCUT2D eigenvalue weighted by Crippen LogP contribution is 2.29. The van der Waals surface area contributed by atoms with Gasteiger partial charge in [-0.1, -0.05) is 0 Å². The van der Waals surface area contributed by atoms with Gasteiger partial charge in [0.05, 0.1) is 6.04 Å². The number of hydrogen-bond acceptors (Lipinski definition) is 6. The second kappa shape index (κ2) is 5.57. The van der Waals surface area contributed by atoms with Crippen molar-refractivity contribution in [3.8, 4) is 0 Å². The molecule has 0 radical (unpaired) electrons. The zero-order valence-electron chi connectivity index (χ0n) is 13.2. The molecule has 0 bridgehead atoms. The molecule has 0 atom stereocenters. The molecule has 1 saturated heterocycles. The van der Waals surface area contributed by atoms with Gasteiger partial charge in [0.2, 0.25) is 5.95 Å². The van der Waals surface area contributed by atoms with Crippen molar-refractivity contribution in [3.05, 3.63) is 42.5 Å². The molecule has 0 N–H and O–H groups in total. The Morgan fingerprint density at radius 2 is 1.92 bits per heavy atom. The van der Waals surface area contributed by atoms with Gasteiger partial charge in [0.15, 0.2) is 5.65 Å². The summed E-state index contributed by atoms with van der Waals surface area (Å²) in [6.07, 6.45) is 0.0867. The summed E-state index contributed by atoms with van der Waals surface area (Å²) in [5.41, 5.74) is -0.178. The number of fused-ring (bicyclic) bond motifs is 1. The van der Waals surface area contributed by atoms with Crippen molar-refractivity contribution in [1.29, 1.82) is 0 Å². The maximum atomic E-state index is 12.8. The second-order valence-corrected chi connectivity index (χ2v) is 5.83. The third-order valence-electron chi connectivity index (χ3n) is 4.22. The van der Waals surface area contributed by atoms with Crippen LogP contribution in [-0.2, 0) is 6.18 Å². The highest BCUT2D eigenvalue weighted by atomic mass is 19.4. The zero-order valence-corrected chi connectivity index (χ0v) is 13.2. The van der Waals surface area contributed by atoms with Crippen molar-refractivity contribution in [3.63, 3.8) is 0 Å². The van der Waals surface area contributed by atoms with Crippen LogP contribution < -0.4 is 9.80 Å². The molecule has 4 rings (SSSR count). The lowest BCUT2D eigenvalue weighted by atomic mass is 10.1. The Morgan fingerprint density at radius 3 is 2.68 bits per heavy atom. The SMILES string of the molecule is CN(c1nccc(C(F)(F)F)n1)C1CN(c2ccc3nccn3n2)C1.